The topological polar surface area (TPSA) is 47.7 Å². The number of fused-ring (bicyclic) bond motifs is 1. The second-order valence-electron chi connectivity index (χ2n) is 11.5. The summed E-state index contributed by atoms with van der Waals surface area (Å²) in [7, 11) is 0. The van der Waals surface area contributed by atoms with Crippen molar-refractivity contribution in [2.75, 3.05) is 6.54 Å². The Labute approximate surface area is 210 Å². The quantitative estimate of drug-likeness (QED) is 0.307. The van der Waals surface area contributed by atoms with E-state index in [2.05, 4.69) is 63.4 Å². The van der Waals surface area contributed by atoms with E-state index in [1.807, 2.05) is 12.3 Å². The van der Waals surface area contributed by atoms with Crippen LogP contribution in [0.4, 0.5) is 8.78 Å². The van der Waals surface area contributed by atoms with Crippen molar-refractivity contribution in [3.05, 3.63) is 77.1 Å². The summed E-state index contributed by atoms with van der Waals surface area (Å²) in [5.74, 6) is -1.84. The molecule has 7 rings (SSSR count). The molecule has 4 nitrogen and oxygen atoms in total. The van der Waals surface area contributed by atoms with Crippen molar-refractivity contribution in [2.24, 2.45) is 5.41 Å². The molecule has 0 bridgehead atoms. The van der Waals surface area contributed by atoms with Crippen LogP contribution in [-0.2, 0) is 6.54 Å². The Bertz CT molecular complexity index is 1390. The van der Waals surface area contributed by atoms with Crippen LogP contribution in [0.5, 0.6) is 0 Å². The summed E-state index contributed by atoms with van der Waals surface area (Å²) < 4.78 is 28.1. The highest BCUT2D eigenvalue weighted by Gasteiger charge is 2.58. The third kappa shape index (κ3) is 3.78. The molecule has 2 aromatic carbocycles. The van der Waals surface area contributed by atoms with Crippen LogP contribution >= 0.6 is 0 Å². The van der Waals surface area contributed by atoms with Gasteiger partial charge >= 0.3 is 0 Å². The van der Waals surface area contributed by atoms with Gasteiger partial charge in [-0.15, -0.1) is 0 Å². The predicted octanol–water partition coefficient (Wildman–Crippen LogP) is 7.50. The van der Waals surface area contributed by atoms with Crippen LogP contribution in [0.1, 0.15) is 72.7 Å². The normalized spacial score (nSPS) is 23.2. The van der Waals surface area contributed by atoms with Crippen molar-refractivity contribution in [3.63, 3.8) is 0 Å². The van der Waals surface area contributed by atoms with E-state index >= 15 is 0 Å². The van der Waals surface area contributed by atoms with Gasteiger partial charge in [-0.1, -0.05) is 30.3 Å². The standard InChI is InChI=1S/C30H32F2N4/c1-19-14-24(20-2-3-20)25(23-8-11-33-28(19)23)16-36-13-10-29(17-30(31,32)18-29)15-27(36)22-6-4-21(5-7-22)26-9-12-34-35-26/h4-9,11-12,14,20,27,33H,2-3,10,13,15-18H2,1H3,(H,34,35). The molecule has 1 unspecified atom stereocenters. The summed E-state index contributed by atoms with van der Waals surface area (Å²) in [6, 6.07) is 15.3. The Morgan fingerprint density at radius 2 is 1.89 bits per heavy atom. The minimum atomic E-state index is -2.50. The van der Waals surface area contributed by atoms with Crippen LogP contribution in [0.15, 0.2) is 54.9 Å². The molecule has 4 aromatic rings. The number of halogens is 2. The number of rotatable bonds is 5. The average Bonchev–Trinajstić information content (AvgIpc) is 3.31. The molecular formula is C30H32F2N4. The third-order valence-corrected chi connectivity index (χ3v) is 8.94. The molecule has 2 saturated carbocycles. The summed E-state index contributed by atoms with van der Waals surface area (Å²) in [4.78, 5) is 6.01. The first-order valence-electron chi connectivity index (χ1n) is 13.2. The molecule has 2 aliphatic carbocycles. The van der Waals surface area contributed by atoms with E-state index in [1.54, 1.807) is 6.20 Å². The molecule has 6 heteroatoms. The molecular weight excluding hydrogens is 454 g/mol. The first kappa shape index (κ1) is 22.2. The Balaban J connectivity index is 1.25. The summed E-state index contributed by atoms with van der Waals surface area (Å²) in [5.41, 5.74) is 8.51. The molecule has 1 aliphatic heterocycles. The van der Waals surface area contributed by atoms with E-state index in [4.69, 9.17) is 0 Å². The van der Waals surface area contributed by atoms with Gasteiger partial charge < -0.3 is 4.98 Å². The van der Waals surface area contributed by atoms with Crippen LogP contribution in [0.3, 0.4) is 0 Å². The Kier molecular flexibility index (Phi) is 4.94. The van der Waals surface area contributed by atoms with E-state index in [9.17, 15) is 8.78 Å². The zero-order chi connectivity index (χ0) is 24.5. The second-order valence-corrected chi connectivity index (χ2v) is 11.5. The zero-order valence-electron chi connectivity index (χ0n) is 20.7. The van der Waals surface area contributed by atoms with Gasteiger partial charge in [-0.05, 0) is 90.4 Å². The summed E-state index contributed by atoms with van der Waals surface area (Å²) in [5, 5.41) is 8.42. The number of aryl methyl sites for hydroxylation is 1. The number of benzene rings is 2. The Morgan fingerprint density at radius 1 is 1.08 bits per heavy atom. The van der Waals surface area contributed by atoms with Gasteiger partial charge in [-0.2, -0.15) is 5.10 Å². The number of hydrogen-bond donors (Lipinski definition) is 2. The van der Waals surface area contributed by atoms with Gasteiger partial charge in [0.05, 0.1) is 5.69 Å². The SMILES string of the molecule is Cc1cc(C2CC2)c(CN2CCC3(CC2c2ccc(-c4ccn[nH]4)cc2)CC(F)(F)C3)c2cc[nH]c12. The predicted molar refractivity (Wildman–Crippen MR) is 138 cm³/mol. The summed E-state index contributed by atoms with van der Waals surface area (Å²) in [6.45, 7) is 3.91. The van der Waals surface area contributed by atoms with Crippen LogP contribution in [0.2, 0.25) is 0 Å². The number of H-pyrrole nitrogens is 2. The highest BCUT2D eigenvalue weighted by atomic mass is 19.3. The fourth-order valence-corrected chi connectivity index (χ4v) is 7.00. The van der Waals surface area contributed by atoms with E-state index in [1.165, 1.54) is 46.0 Å². The van der Waals surface area contributed by atoms with Gasteiger partial charge in [0.15, 0.2) is 0 Å². The molecule has 0 radical (unpaired) electrons. The maximum Gasteiger partial charge on any atom is 0.249 e. The zero-order valence-corrected chi connectivity index (χ0v) is 20.7. The van der Waals surface area contributed by atoms with Crippen molar-refractivity contribution in [1.29, 1.82) is 0 Å². The number of alkyl halides is 2. The van der Waals surface area contributed by atoms with Crippen molar-refractivity contribution >= 4 is 10.9 Å². The number of piperidine rings is 1. The molecule has 36 heavy (non-hydrogen) atoms. The average molecular weight is 487 g/mol. The van der Waals surface area contributed by atoms with Gasteiger partial charge in [-0.3, -0.25) is 10.00 Å². The van der Waals surface area contributed by atoms with E-state index < -0.39 is 5.92 Å². The van der Waals surface area contributed by atoms with E-state index in [-0.39, 0.29) is 24.3 Å². The maximum atomic E-state index is 14.1. The number of aromatic amines is 2. The second kappa shape index (κ2) is 8.01. The van der Waals surface area contributed by atoms with Gasteiger partial charge in [0.2, 0.25) is 5.92 Å². The minimum Gasteiger partial charge on any atom is -0.361 e. The lowest BCUT2D eigenvalue weighted by molar-refractivity contribution is -0.186. The van der Waals surface area contributed by atoms with Crippen molar-refractivity contribution in [2.45, 2.75) is 69.9 Å². The van der Waals surface area contributed by atoms with Gasteiger partial charge in [0, 0.05) is 48.7 Å². The molecule has 2 N–H and O–H groups in total. The maximum absolute atomic E-state index is 14.1. The summed E-state index contributed by atoms with van der Waals surface area (Å²) in [6.07, 6.45) is 8.06. The molecule has 3 aliphatic rings. The van der Waals surface area contributed by atoms with E-state index in [0.717, 1.165) is 37.2 Å². The van der Waals surface area contributed by atoms with Crippen LogP contribution in [0.25, 0.3) is 22.2 Å². The van der Waals surface area contributed by atoms with Crippen molar-refractivity contribution in [1.82, 2.24) is 20.1 Å². The first-order valence-corrected chi connectivity index (χ1v) is 13.2. The molecule has 1 spiro atoms. The molecule has 0 amide bonds. The van der Waals surface area contributed by atoms with Gasteiger partial charge in [0.25, 0.3) is 0 Å². The van der Waals surface area contributed by atoms with Crippen LogP contribution in [-0.4, -0.2) is 32.5 Å². The summed E-state index contributed by atoms with van der Waals surface area (Å²) >= 11 is 0. The third-order valence-electron chi connectivity index (χ3n) is 8.94. The lowest BCUT2D eigenvalue weighted by Crippen LogP contribution is -2.53. The number of nitrogens with one attached hydrogen (secondary N) is 2. The van der Waals surface area contributed by atoms with Crippen LogP contribution in [0, 0.1) is 12.3 Å². The fraction of sp³-hybridized carbons (Fsp3) is 0.433. The Morgan fingerprint density at radius 3 is 2.58 bits per heavy atom. The highest BCUT2D eigenvalue weighted by Crippen LogP contribution is 2.60. The minimum absolute atomic E-state index is 0.0382. The Hall–Kier alpha value is -2.99. The van der Waals surface area contributed by atoms with E-state index in [0.29, 0.717) is 5.92 Å². The molecule has 186 valence electrons. The smallest absolute Gasteiger partial charge is 0.249 e. The fourth-order valence-electron chi connectivity index (χ4n) is 7.00. The molecule has 3 heterocycles. The number of likely N-dealkylation sites (tertiary alicyclic amines) is 1. The molecule has 1 saturated heterocycles. The van der Waals surface area contributed by atoms with Crippen molar-refractivity contribution in [3.8, 4) is 11.3 Å². The molecule has 2 aromatic heterocycles. The van der Waals surface area contributed by atoms with Gasteiger partial charge in [0.1, 0.15) is 0 Å². The largest absolute Gasteiger partial charge is 0.361 e. The number of hydrogen-bond acceptors (Lipinski definition) is 2. The number of aromatic nitrogens is 3. The monoisotopic (exact) mass is 486 g/mol. The first-order chi connectivity index (χ1) is 17.4. The highest BCUT2D eigenvalue weighted by molar-refractivity contribution is 5.87. The lowest BCUT2D eigenvalue weighted by Gasteiger charge is -2.54. The van der Waals surface area contributed by atoms with Crippen LogP contribution < -0.4 is 0 Å². The molecule has 3 fully saturated rings. The molecule has 1 atom stereocenters. The van der Waals surface area contributed by atoms with Gasteiger partial charge in [-0.25, -0.2) is 8.78 Å². The van der Waals surface area contributed by atoms with Crippen molar-refractivity contribution < 1.29 is 8.78 Å². The lowest BCUT2D eigenvalue weighted by atomic mass is 9.59. The number of nitrogens with zero attached hydrogens (tertiary/aromatic N) is 2.